The summed E-state index contributed by atoms with van der Waals surface area (Å²) in [6.07, 6.45) is 10.8. The maximum Gasteiger partial charge on any atom is 0.329 e. The van der Waals surface area contributed by atoms with Gasteiger partial charge in [0.25, 0.3) is 0 Å². The Morgan fingerprint density at radius 1 is 0.923 bits per heavy atom. The van der Waals surface area contributed by atoms with E-state index in [0.717, 1.165) is 38.0 Å². The van der Waals surface area contributed by atoms with Crippen molar-refractivity contribution < 1.29 is 23.9 Å². The lowest BCUT2D eigenvalue weighted by Gasteiger charge is -2.31. The van der Waals surface area contributed by atoms with Crippen molar-refractivity contribution in [1.29, 1.82) is 0 Å². The molecule has 8 heteroatoms. The topological polar surface area (TPSA) is 88.2 Å². The van der Waals surface area contributed by atoms with Gasteiger partial charge >= 0.3 is 5.97 Å². The summed E-state index contributed by atoms with van der Waals surface area (Å²) in [5.41, 5.74) is 0.915. The van der Waals surface area contributed by atoms with E-state index >= 15 is 0 Å². The van der Waals surface area contributed by atoms with Crippen LogP contribution in [0.1, 0.15) is 76.2 Å². The first-order chi connectivity index (χ1) is 19.1. The predicted octanol–water partition coefficient (Wildman–Crippen LogP) is 3.93. The molecule has 0 spiro atoms. The number of piperidine rings is 1. The van der Waals surface area contributed by atoms with Gasteiger partial charge in [0.1, 0.15) is 12.6 Å². The smallest absolute Gasteiger partial charge is 0.329 e. The van der Waals surface area contributed by atoms with E-state index in [9.17, 15) is 14.4 Å². The number of nitrogens with one attached hydrogen (secondary N) is 1. The van der Waals surface area contributed by atoms with E-state index in [2.05, 4.69) is 10.2 Å². The van der Waals surface area contributed by atoms with Crippen LogP contribution in [0.25, 0.3) is 0 Å². The molecular weight excluding hydrogens is 494 g/mol. The first-order valence-electron chi connectivity index (χ1n) is 15.2. The summed E-state index contributed by atoms with van der Waals surface area (Å²) in [5.74, 6) is -0.583. The van der Waals surface area contributed by atoms with Gasteiger partial charge in [-0.15, -0.1) is 0 Å². The van der Waals surface area contributed by atoms with Gasteiger partial charge in [0.2, 0.25) is 11.8 Å². The Morgan fingerprint density at radius 3 is 2.33 bits per heavy atom. The van der Waals surface area contributed by atoms with Gasteiger partial charge in [-0.05, 0) is 50.3 Å². The number of amides is 2. The Bertz CT molecular complexity index is 893. The Labute approximate surface area is 233 Å². The highest BCUT2D eigenvalue weighted by Gasteiger charge is 2.32. The summed E-state index contributed by atoms with van der Waals surface area (Å²) in [6.45, 7) is 5.19. The van der Waals surface area contributed by atoms with Crippen molar-refractivity contribution in [3.05, 3.63) is 35.9 Å². The van der Waals surface area contributed by atoms with Crippen molar-refractivity contribution in [3.63, 3.8) is 0 Å². The first kappa shape index (κ1) is 29.5. The summed E-state index contributed by atoms with van der Waals surface area (Å²) in [4.78, 5) is 44.3. The average molecular weight is 542 g/mol. The molecule has 39 heavy (non-hydrogen) atoms. The number of ether oxygens (including phenoxy) is 2. The summed E-state index contributed by atoms with van der Waals surface area (Å²) < 4.78 is 11.1. The molecule has 1 aliphatic carbocycles. The van der Waals surface area contributed by atoms with Gasteiger partial charge < -0.3 is 24.6 Å². The van der Waals surface area contributed by atoms with E-state index in [-0.39, 0.29) is 24.8 Å². The Hall–Kier alpha value is -2.45. The van der Waals surface area contributed by atoms with Gasteiger partial charge in [0.15, 0.2) is 0 Å². The van der Waals surface area contributed by atoms with Crippen LogP contribution in [0.2, 0.25) is 0 Å². The van der Waals surface area contributed by atoms with Gasteiger partial charge in [-0.3, -0.25) is 9.59 Å². The molecule has 216 valence electrons. The van der Waals surface area contributed by atoms with Crippen molar-refractivity contribution in [2.45, 2.75) is 83.3 Å². The SMILES string of the molecule is O=C(NC(CCN1CCCCC1)C(=O)OCc1ccccc1)C(CC(=O)N1CCOCC1)CC1CCCCC1. The number of nitrogens with zero attached hydrogens (tertiary/aromatic N) is 2. The highest BCUT2D eigenvalue weighted by Crippen LogP contribution is 2.31. The molecule has 3 aliphatic rings. The van der Waals surface area contributed by atoms with Crippen molar-refractivity contribution in [2.75, 3.05) is 45.9 Å². The van der Waals surface area contributed by atoms with Crippen molar-refractivity contribution in [3.8, 4) is 0 Å². The van der Waals surface area contributed by atoms with Gasteiger partial charge in [-0.2, -0.15) is 0 Å². The number of carbonyl (C=O) groups is 3. The number of esters is 1. The van der Waals surface area contributed by atoms with Gasteiger partial charge in [0, 0.05) is 32.0 Å². The van der Waals surface area contributed by atoms with E-state index in [1.807, 2.05) is 35.2 Å². The molecule has 3 fully saturated rings. The minimum Gasteiger partial charge on any atom is -0.459 e. The van der Waals surface area contributed by atoms with Crippen LogP contribution in [0.5, 0.6) is 0 Å². The average Bonchev–Trinajstić information content (AvgIpc) is 2.99. The van der Waals surface area contributed by atoms with Crippen LogP contribution in [-0.4, -0.2) is 79.6 Å². The van der Waals surface area contributed by atoms with E-state index in [4.69, 9.17) is 9.47 Å². The Balaban J connectivity index is 1.41. The predicted molar refractivity (Wildman–Crippen MR) is 150 cm³/mol. The first-order valence-corrected chi connectivity index (χ1v) is 15.2. The molecule has 8 nitrogen and oxygen atoms in total. The zero-order valence-corrected chi connectivity index (χ0v) is 23.5. The highest BCUT2D eigenvalue weighted by molar-refractivity contribution is 5.89. The molecule has 2 amide bonds. The molecule has 1 saturated carbocycles. The maximum atomic E-state index is 13.7. The van der Waals surface area contributed by atoms with E-state index < -0.39 is 17.9 Å². The molecule has 2 heterocycles. The normalized spacial score (nSPS) is 20.7. The van der Waals surface area contributed by atoms with Crippen molar-refractivity contribution in [1.82, 2.24) is 15.1 Å². The number of benzene rings is 1. The Kier molecular flexibility index (Phi) is 12.1. The Morgan fingerprint density at radius 2 is 1.62 bits per heavy atom. The summed E-state index contributed by atoms with van der Waals surface area (Å²) in [7, 11) is 0. The molecule has 1 aromatic rings. The van der Waals surface area contributed by atoms with Crippen LogP contribution in [0.15, 0.2) is 30.3 Å². The highest BCUT2D eigenvalue weighted by atomic mass is 16.5. The minimum atomic E-state index is -0.726. The fourth-order valence-electron chi connectivity index (χ4n) is 6.12. The molecule has 0 aromatic heterocycles. The van der Waals surface area contributed by atoms with Crippen LogP contribution in [0.3, 0.4) is 0 Å². The molecule has 1 aromatic carbocycles. The van der Waals surface area contributed by atoms with E-state index in [0.29, 0.717) is 45.1 Å². The summed E-state index contributed by atoms with van der Waals surface area (Å²) >= 11 is 0. The molecule has 2 atom stereocenters. The number of hydrogen-bond donors (Lipinski definition) is 1. The van der Waals surface area contributed by atoms with Crippen LogP contribution in [-0.2, 0) is 30.5 Å². The van der Waals surface area contributed by atoms with E-state index in [1.54, 1.807) is 0 Å². The standard InChI is InChI=1S/C31H47N3O5/c35-29(34-18-20-38-21-19-34)23-27(22-25-10-4-1-5-11-25)30(36)32-28(14-17-33-15-8-3-9-16-33)31(37)39-24-26-12-6-2-7-13-26/h2,6-7,12-13,25,27-28H,1,3-5,8-11,14-24H2,(H,32,36). The molecule has 0 radical (unpaired) electrons. The molecule has 2 saturated heterocycles. The molecule has 2 unspecified atom stereocenters. The van der Waals surface area contributed by atoms with Crippen LogP contribution in [0.4, 0.5) is 0 Å². The maximum absolute atomic E-state index is 13.7. The van der Waals surface area contributed by atoms with Gasteiger partial charge in [-0.1, -0.05) is 68.9 Å². The van der Waals surface area contributed by atoms with E-state index in [1.165, 1.54) is 38.5 Å². The fourth-order valence-corrected chi connectivity index (χ4v) is 6.12. The van der Waals surface area contributed by atoms with Crippen molar-refractivity contribution in [2.24, 2.45) is 11.8 Å². The second-order valence-electron chi connectivity index (χ2n) is 11.5. The van der Waals surface area contributed by atoms with Crippen molar-refractivity contribution >= 4 is 17.8 Å². The molecule has 0 bridgehead atoms. The lowest BCUT2D eigenvalue weighted by atomic mass is 9.81. The molecular formula is C31H47N3O5. The number of carbonyl (C=O) groups excluding carboxylic acids is 3. The number of rotatable bonds is 12. The summed E-state index contributed by atoms with van der Waals surface area (Å²) in [6, 6.07) is 8.88. The van der Waals surface area contributed by atoms with Crippen LogP contribution >= 0.6 is 0 Å². The van der Waals surface area contributed by atoms with Gasteiger partial charge in [-0.25, -0.2) is 4.79 Å². The minimum absolute atomic E-state index is 0.00535. The van der Waals surface area contributed by atoms with Crippen LogP contribution < -0.4 is 5.32 Å². The number of likely N-dealkylation sites (tertiary alicyclic amines) is 1. The third-order valence-electron chi connectivity index (χ3n) is 8.51. The quantitative estimate of drug-likeness (QED) is 0.404. The third kappa shape index (κ3) is 9.91. The lowest BCUT2D eigenvalue weighted by molar-refractivity contribution is -0.150. The fraction of sp³-hybridized carbons (Fsp3) is 0.710. The number of hydrogen-bond acceptors (Lipinski definition) is 6. The molecule has 1 N–H and O–H groups in total. The lowest BCUT2D eigenvalue weighted by Crippen LogP contribution is -2.48. The second kappa shape index (κ2) is 16.0. The zero-order chi connectivity index (χ0) is 27.3. The zero-order valence-electron chi connectivity index (χ0n) is 23.5. The molecule has 4 rings (SSSR count). The monoisotopic (exact) mass is 541 g/mol. The molecule has 2 aliphatic heterocycles. The number of morpholine rings is 1. The summed E-state index contributed by atoms with van der Waals surface area (Å²) in [5, 5.41) is 3.06. The second-order valence-corrected chi connectivity index (χ2v) is 11.5. The largest absolute Gasteiger partial charge is 0.459 e. The van der Waals surface area contributed by atoms with Gasteiger partial charge in [0.05, 0.1) is 13.2 Å². The van der Waals surface area contributed by atoms with Crippen LogP contribution in [0, 0.1) is 11.8 Å². The third-order valence-corrected chi connectivity index (χ3v) is 8.51.